The van der Waals surface area contributed by atoms with E-state index in [-0.39, 0.29) is 17.6 Å². The van der Waals surface area contributed by atoms with Gasteiger partial charge in [-0.2, -0.15) is 0 Å². The summed E-state index contributed by atoms with van der Waals surface area (Å²) in [5, 5.41) is 2.82. The van der Waals surface area contributed by atoms with Crippen LogP contribution in [0.3, 0.4) is 0 Å². The smallest absolute Gasteiger partial charge is 0.220 e. The number of hydrogen-bond acceptors (Lipinski definition) is 4. The van der Waals surface area contributed by atoms with Gasteiger partial charge in [0.25, 0.3) is 0 Å². The van der Waals surface area contributed by atoms with Crippen molar-refractivity contribution in [2.45, 2.75) is 26.2 Å². The summed E-state index contributed by atoms with van der Waals surface area (Å²) in [5.41, 5.74) is 6.12. The molecule has 0 saturated heterocycles. The number of benzene rings is 1. The lowest BCUT2D eigenvalue weighted by molar-refractivity contribution is -0.121. The predicted molar refractivity (Wildman–Crippen MR) is 82.4 cm³/mol. The molecule has 3 N–H and O–H groups in total. The molecule has 1 rings (SSSR count). The van der Waals surface area contributed by atoms with Crippen molar-refractivity contribution < 1.29 is 14.3 Å². The molecule has 0 aromatic heterocycles. The van der Waals surface area contributed by atoms with Crippen LogP contribution in [0.25, 0.3) is 0 Å². The molecule has 0 saturated carbocycles. The highest BCUT2D eigenvalue weighted by atomic mass is 16.5. The van der Waals surface area contributed by atoms with Gasteiger partial charge in [-0.05, 0) is 43.1 Å². The lowest BCUT2D eigenvalue weighted by Crippen LogP contribution is -2.31. The number of methoxy groups -OCH3 is 1. The van der Waals surface area contributed by atoms with E-state index >= 15 is 0 Å². The summed E-state index contributed by atoms with van der Waals surface area (Å²) in [6.07, 6.45) is 1.28. The summed E-state index contributed by atoms with van der Waals surface area (Å²) < 4.78 is 5.04. The Labute approximate surface area is 125 Å². The van der Waals surface area contributed by atoms with E-state index in [0.717, 1.165) is 5.75 Å². The van der Waals surface area contributed by atoms with E-state index in [2.05, 4.69) is 5.32 Å². The zero-order valence-corrected chi connectivity index (χ0v) is 12.7. The molecule has 5 heteroatoms. The fourth-order valence-corrected chi connectivity index (χ4v) is 1.79. The highest BCUT2D eigenvalue weighted by molar-refractivity contribution is 5.96. The third-order valence-corrected chi connectivity index (χ3v) is 3.27. The fourth-order valence-electron chi connectivity index (χ4n) is 1.79. The summed E-state index contributed by atoms with van der Waals surface area (Å²) in [7, 11) is 1.58. The Morgan fingerprint density at radius 2 is 1.90 bits per heavy atom. The second-order valence-electron chi connectivity index (χ2n) is 5.15. The van der Waals surface area contributed by atoms with Crippen LogP contribution in [0.15, 0.2) is 24.3 Å². The van der Waals surface area contributed by atoms with E-state index < -0.39 is 0 Å². The number of rotatable bonds is 9. The van der Waals surface area contributed by atoms with Crippen LogP contribution >= 0.6 is 0 Å². The number of nitrogens with two attached hydrogens (primary N) is 1. The summed E-state index contributed by atoms with van der Waals surface area (Å²) in [6.45, 7) is 3.12. The lowest BCUT2D eigenvalue weighted by Gasteiger charge is -2.09. The predicted octanol–water partition coefficient (Wildman–Crippen LogP) is 1.76. The zero-order chi connectivity index (χ0) is 15.7. The van der Waals surface area contributed by atoms with Gasteiger partial charge in [0.15, 0.2) is 5.78 Å². The number of carbonyl (C=O) groups is 2. The Hall–Kier alpha value is -1.88. The van der Waals surface area contributed by atoms with E-state index in [1.165, 1.54) is 0 Å². The van der Waals surface area contributed by atoms with Crippen molar-refractivity contribution in [3.8, 4) is 5.75 Å². The molecule has 21 heavy (non-hydrogen) atoms. The molecule has 0 aliphatic heterocycles. The Morgan fingerprint density at radius 1 is 1.24 bits per heavy atom. The first-order valence-electron chi connectivity index (χ1n) is 7.20. The highest BCUT2D eigenvalue weighted by Gasteiger charge is 2.08. The van der Waals surface area contributed by atoms with E-state index in [1.807, 2.05) is 6.92 Å². The van der Waals surface area contributed by atoms with Gasteiger partial charge in [-0.25, -0.2) is 0 Å². The van der Waals surface area contributed by atoms with Crippen LogP contribution in [-0.4, -0.2) is 31.9 Å². The van der Waals surface area contributed by atoms with Gasteiger partial charge in [-0.1, -0.05) is 6.92 Å². The number of Topliss-reactive ketones (excluding diaryl/α,β-unsaturated/α-hetero) is 1. The summed E-state index contributed by atoms with van der Waals surface area (Å²) in [5.74, 6) is 1.01. The van der Waals surface area contributed by atoms with Gasteiger partial charge in [-0.3, -0.25) is 9.59 Å². The van der Waals surface area contributed by atoms with Crippen molar-refractivity contribution in [2.75, 3.05) is 20.2 Å². The van der Waals surface area contributed by atoms with Crippen molar-refractivity contribution in [2.24, 2.45) is 11.7 Å². The maximum atomic E-state index is 11.9. The molecule has 0 fully saturated rings. The second kappa shape index (κ2) is 9.13. The van der Waals surface area contributed by atoms with Gasteiger partial charge in [0, 0.05) is 24.9 Å². The normalized spacial score (nSPS) is 11.8. The van der Waals surface area contributed by atoms with Crippen molar-refractivity contribution in [1.82, 2.24) is 5.32 Å². The van der Waals surface area contributed by atoms with Crippen LogP contribution < -0.4 is 15.8 Å². The fraction of sp³-hybridized carbons (Fsp3) is 0.500. The van der Waals surface area contributed by atoms with Crippen LogP contribution in [0.4, 0.5) is 0 Å². The van der Waals surface area contributed by atoms with Crippen molar-refractivity contribution in [3.63, 3.8) is 0 Å². The van der Waals surface area contributed by atoms with E-state index in [0.29, 0.717) is 37.9 Å². The summed E-state index contributed by atoms with van der Waals surface area (Å²) in [6, 6.07) is 7.00. The van der Waals surface area contributed by atoms with Gasteiger partial charge < -0.3 is 15.8 Å². The van der Waals surface area contributed by atoms with Crippen molar-refractivity contribution in [3.05, 3.63) is 29.8 Å². The maximum absolute atomic E-state index is 11.9. The second-order valence-corrected chi connectivity index (χ2v) is 5.15. The van der Waals surface area contributed by atoms with E-state index in [4.69, 9.17) is 10.5 Å². The Balaban J connectivity index is 2.28. The molecule has 0 radical (unpaired) electrons. The molecule has 0 aliphatic carbocycles. The van der Waals surface area contributed by atoms with Crippen molar-refractivity contribution in [1.29, 1.82) is 0 Å². The SMILES string of the molecule is COc1ccc(C(=O)CCCC(=O)NCC(C)CN)cc1. The summed E-state index contributed by atoms with van der Waals surface area (Å²) in [4.78, 5) is 23.5. The van der Waals surface area contributed by atoms with Crippen LogP contribution in [0.1, 0.15) is 36.5 Å². The Kier molecular flexibility index (Phi) is 7.46. The molecule has 0 spiro atoms. The molecule has 0 aliphatic rings. The average Bonchev–Trinajstić information content (AvgIpc) is 2.52. The third-order valence-electron chi connectivity index (χ3n) is 3.27. The molecule has 0 heterocycles. The molecule has 0 bridgehead atoms. The minimum absolute atomic E-state index is 0.0298. The zero-order valence-electron chi connectivity index (χ0n) is 12.7. The quantitative estimate of drug-likeness (QED) is 0.680. The monoisotopic (exact) mass is 292 g/mol. The number of ether oxygens (including phenoxy) is 1. The molecular weight excluding hydrogens is 268 g/mol. The molecule has 1 aromatic rings. The van der Waals surface area contributed by atoms with Crippen LogP contribution in [0.5, 0.6) is 5.75 Å². The molecule has 116 valence electrons. The third kappa shape index (κ3) is 6.40. The number of amides is 1. The van der Waals surface area contributed by atoms with Gasteiger partial charge in [-0.15, -0.1) is 0 Å². The molecule has 1 unspecified atom stereocenters. The number of nitrogens with one attached hydrogen (secondary N) is 1. The van der Waals surface area contributed by atoms with Gasteiger partial charge in [0.2, 0.25) is 5.91 Å². The van der Waals surface area contributed by atoms with Gasteiger partial charge in [0.05, 0.1) is 7.11 Å². The molecule has 5 nitrogen and oxygen atoms in total. The van der Waals surface area contributed by atoms with Crippen LogP contribution in [0.2, 0.25) is 0 Å². The van der Waals surface area contributed by atoms with E-state index in [9.17, 15) is 9.59 Å². The number of ketones is 1. The first-order chi connectivity index (χ1) is 10.1. The first-order valence-corrected chi connectivity index (χ1v) is 7.20. The lowest BCUT2D eigenvalue weighted by atomic mass is 10.1. The standard InChI is InChI=1S/C16H24N2O3/c1-12(10-17)11-18-16(20)5-3-4-15(19)13-6-8-14(21-2)9-7-13/h6-9,12H,3-5,10-11,17H2,1-2H3,(H,18,20). The topological polar surface area (TPSA) is 81.4 Å². The maximum Gasteiger partial charge on any atom is 0.220 e. The molecule has 1 amide bonds. The van der Waals surface area contributed by atoms with Crippen LogP contribution in [0, 0.1) is 5.92 Å². The molecule has 1 aromatic carbocycles. The number of carbonyl (C=O) groups excluding carboxylic acids is 2. The minimum atomic E-state index is -0.0298. The number of hydrogen-bond donors (Lipinski definition) is 2. The summed E-state index contributed by atoms with van der Waals surface area (Å²) >= 11 is 0. The molecule has 1 atom stereocenters. The largest absolute Gasteiger partial charge is 0.497 e. The first kappa shape index (κ1) is 17.2. The van der Waals surface area contributed by atoms with Crippen molar-refractivity contribution >= 4 is 11.7 Å². The van der Waals surface area contributed by atoms with E-state index in [1.54, 1.807) is 31.4 Å². The van der Waals surface area contributed by atoms with Gasteiger partial charge in [0.1, 0.15) is 5.75 Å². The van der Waals surface area contributed by atoms with Gasteiger partial charge >= 0.3 is 0 Å². The van der Waals surface area contributed by atoms with Crippen LogP contribution in [-0.2, 0) is 4.79 Å². The molecular formula is C16H24N2O3. The highest BCUT2D eigenvalue weighted by Crippen LogP contribution is 2.13. The minimum Gasteiger partial charge on any atom is -0.497 e. The average molecular weight is 292 g/mol. The Bertz CT molecular complexity index is 457. The Morgan fingerprint density at radius 3 is 2.48 bits per heavy atom.